The van der Waals surface area contributed by atoms with E-state index in [9.17, 15) is 4.79 Å². The maximum Gasteiger partial charge on any atom is 0.223 e. The van der Waals surface area contributed by atoms with Gasteiger partial charge in [0.1, 0.15) is 0 Å². The standard InChI is InChI=1S/C14H20N2O.ClH/c1-10(11-5-3-2-4-6-11)16-14(17)12-7-8-13(15)9-12;/h2-6,10,12-13H,7-9,15H2,1H3,(H,16,17);1H. The molecule has 2 rings (SSSR count). The average molecular weight is 269 g/mol. The highest BCUT2D eigenvalue weighted by atomic mass is 35.5. The highest BCUT2D eigenvalue weighted by Gasteiger charge is 2.28. The fourth-order valence-corrected chi connectivity index (χ4v) is 2.41. The number of nitrogens with two attached hydrogens (primary N) is 1. The lowest BCUT2D eigenvalue weighted by Gasteiger charge is -2.17. The fraction of sp³-hybridized carbons (Fsp3) is 0.500. The molecule has 1 amide bonds. The van der Waals surface area contributed by atoms with Crippen molar-refractivity contribution in [3.63, 3.8) is 0 Å². The summed E-state index contributed by atoms with van der Waals surface area (Å²) in [7, 11) is 0. The van der Waals surface area contributed by atoms with Crippen LogP contribution in [0.2, 0.25) is 0 Å². The molecule has 0 aliphatic heterocycles. The van der Waals surface area contributed by atoms with Crippen molar-refractivity contribution in [2.75, 3.05) is 0 Å². The van der Waals surface area contributed by atoms with Crippen molar-refractivity contribution >= 4 is 18.3 Å². The first-order valence-electron chi connectivity index (χ1n) is 6.27. The topological polar surface area (TPSA) is 55.1 Å². The molecular weight excluding hydrogens is 248 g/mol. The molecule has 3 unspecified atom stereocenters. The number of halogens is 1. The molecule has 0 saturated heterocycles. The Labute approximate surface area is 115 Å². The summed E-state index contributed by atoms with van der Waals surface area (Å²) in [6.45, 7) is 2.02. The van der Waals surface area contributed by atoms with Gasteiger partial charge in [-0.2, -0.15) is 0 Å². The summed E-state index contributed by atoms with van der Waals surface area (Å²) >= 11 is 0. The van der Waals surface area contributed by atoms with Crippen molar-refractivity contribution in [1.29, 1.82) is 0 Å². The molecule has 1 fully saturated rings. The SMILES string of the molecule is CC(NC(=O)C1CCC(N)C1)c1ccccc1.Cl. The smallest absolute Gasteiger partial charge is 0.223 e. The van der Waals surface area contributed by atoms with Crippen LogP contribution in [0.3, 0.4) is 0 Å². The Morgan fingerprint density at radius 3 is 2.56 bits per heavy atom. The van der Waals surface area contributed by atoms with E-state index in [1.54, 1.807) is 0 Å². The maximum atomic E-state index is 12.0. The van der Waals surface area contributed by atoms with Gasteiger partial charge < -0.3 is 11.1 Å². The molecule has 4 heteroatoms. The van der Waals surface area contributed by atoms with E-state index in [1.165, 1.54) is 0 Å². The second-order valence-corrected chi connectivity index (χ2v) is 4.91. The minimum atomic E-state index is 0. The second-order valence-electron chi connectivity index (χ2n) is 4.91. The quantitative estimate of drug-likeness (QED) is 0.885. The summed E-state index contributed by atoms with van der Waals surface area (Å²) in [5.41, 5.74) is 6.97. The largest absolute Gasteiger partial charge is 0.349 e. The molecule has 1 aliphatic carbocycles. The van der Waals surface area contributed by atoms with Gasteiger partial charge in [0.25, 0.3) is 0 Å². The van der Waals surface area contributed by atoms with Crippen LogP contribution < -0.4 is 11.1 Å². The number of carbonyl (C=O) groups is 1. The van der Waals surface area contributed by atoms with Crippen LogP contribution >= 0.6 is 12.4 Å². The van der Waals surface area contributed by atoms with Crippen LogP contribution in [0.15, 0.2) is 30.3 Å². The van der Waals surface area contributed by atoms with E-state index in [2.05, 4.69) is 5.32 Å². The first kappa shape index (κ1) is 15.0. The summed E-state index contributed by atoms with van der Waals surface area (Å²) < 4.78 is 0. The molecule has 0 aromatic heterocycles. The molecular formula is C14H21ClN2O. The van der Waals surface area contributed by atoms with Gasteiger partial charge in [-0.15, -0.1) is 12.4 Å². The van der Waals surface area contributed by atoms with Crippen molar-refractivity contribution < 1.29 is 4.79 Å². The van der Waals surface area contributed by atoms with Gasteiger partial charge in [-0.05, 0) is 31.7 Å². The van der Waals surface area contributed by atoms with Crippen LogP contribution in [0.25, 0.3) is 0 Å². The van der Waals surface area contributed by atoms with E-state index in [4.69, 9.17) is 5.73 Å². The van der Waals surface area contributed by atoms with Crippen molar-refractivity contribution in [2.24, 2.45) is 11.7 Å². The summed E-state index contributed by atoms with van der Waals surface area (Å²) in [5, 5.41) is 3.06. The molecule has 1 aromatic rings. The zero-order chi connectivity index (χ0) is 12.3. The lowest BCUT2D eigenvalue weighted by Crippen LogP contribution is -2.32. The van der Waals surface area contributed by atoms with Gasteiger partial charge >= 0.3 is 0 Å². The van der Waals surface area contributed by atoms with Crippen LogP contribution in [0.5, 0.6) is 0 Å². The molecule has 1 aromatic carbocycles. The number of rotatable bonds is 3. The molecule has 3 N–H and O–H groups in total. The molecule has 0 spiro atoms. The number of hydrogen-bond donors (Lipinski definition) is 2. The van der Waals surface area contributed by atoms with Crippen molar-refractivity contribution in [1.82, 2.24) is 5.32 Å². The van der Waals surface area contributed by atoms with Gasteiger partial charge in [-0.25, -0.2) is 0 Å². The Hall–Kier alpha value is -1.06. The van der Waals surface area contributed by atoms with Crippen molar-refractivity contribution in [3.8, 4) is 0 Å². The van der Waals surface area contributed by atoms with E-state index >= 15 is 0 Å². The molecule has 0 bridgehead atoms. The molecule has 100 valence electrons. The van der Waals surface area contributed by atoms with E-state index in [0.29, 0.717) is 0 Å². The Morgan fingerprint density at radius 1 is 1.33 bits per heavy atom. The normalized spacial score (nSPS) is 24.1. The summed E-state index contributed by atoms with van der Waals surface area (Å²) in [6, 6.07) is 10.3. The molecule has 0 heterocycles. The summed E-state index contributed by atoms with van der Waals surface area (Å²) in [6.07, 6.45) is 2.72. The first-order chi connectivity index (χ1) is 8.16. The second kappa shape index (κ2) is 6.76. The minimum absolute atomic E-state index is 0. The van der Waals surface area contributed by atoms with Gasteiger partial charge in [-0.1, -0.05) is 30.3 Å². The van der Waals surface area contributed by atoms with Crippen molar-refractivity contribution in [2.45, 2.75) is 38.3 Å². The van der Waals surface area contributed by atoms with Gasteiger partial charge in [0, 0.05) is 12.0 Å². The third-order valence-corrected chi connectivity index (χ3v) is 3.50. The van der Waals surface area contributed by atoms with Crippen LogP contribution in [-0.4, -0.2) is 11.9 Å². The van der Waals surface area contributed by atoms with Gasteiger partial charge in [0.2, 0.25) is 5.91 Å². The number of benzene rings is 1. The summed E-state index contributed by atoms with van der Waals surface area (Å²) in [4.78, 5) is 12.0. The van der Waals surface area contributed by atoms with Crippen LogP contribution in [0.1, 0.15) is 37.8 Å². The highest BCUT2D eigenvalue weighted by Crippen LogP contribution is 2.25. The number of amides is 1. The predicted octanol–water partition coefficient (Wildman–Crippen LogP) is 2.41. The Balaban J connectivity index is 0.00000162. The Morgan fingerprint density at radius 2 is 2.00 bits per heavy atom. The zero-order valence-electron chi connectivity index (χ0n) is 10.6. The third kappa shape index (κ3) is 3.72. The first-order valence-corrected chi connectivity index (χ1v) is 6.27. The molecule has 0 radical (unpaired) electrons. The van der Waals surface area contributed by atoms with Gasteiger partial charge in [-0.3, -0.25) is 4.79 Å². The molecule has 1 saturated carbocycles. The fourth-order valence-electron chi connectivity index (χ4n) is 2.41. The number of hydrogen-bond acceptors (Lipinski definition) is 2. The minimum Gasteiger partial charge on any atom is -0.349 e. The van der Waals surface area contributed by atoms with E-state index in [-0.39, 0.29) is 36.3 Å². The lowest BCUT2D eigenvalue weighted by molar-refractivity contribution is -0.125. The van der Waals surface area contributed by atoms with Crippen LogP contribution in [-0.2, 0) is 4.79 Å². The Bertz CT molecular complexity index is 383. The van der Waals surface area contributed by atoms with Crippen LogP contribution in [0, 0.1) is 5.92 Å². The van der Waals surface area contributed by atoms with Crippen LogP contribution in [0.4, 0.5) is 0 Å². The maximum absolute atomic E-state index is 12.0. The van der Waals surface area contributed by atoms with Gasteiger partial charge in [0.05, 0.1) is 6.04 Å². The van der Waals surface area contributed by atoms with E-state index in [1.807, 2.05) is 37.3 Å². The summed E-state index contributed by atoms with van der Waals surface area (Å²) in [5.74, 6) is 0.255. The molecule has 3 atom stereocenters. The Kier molecular flexibility index (Phi) is 5.63. The highest BCUT2D eigenvalue weighted by molar-refractivity contribution is 5.85. The van der Waals surface area contributed by atoms with E-state index < -0.39 is 0 Å². The zero-order valence-corrected chi connectivity index (χ0v) is 11.5. The number of nitrogens with one attached hydrogen (secondary N) is 1. The van der Waals surface area contributed by atoms with E-state index in [0.717, 1.165) is 24.8 Å². The van der Waals surface area contributed by atoms with Crippen molar-refractivity contribution in [3.05, 3.63) is 35.9 Å². The number of carbonyl (C=O) groups excluding carboxylic acids is 1. The predicted molar refractivity (Wildman–Crippen MR) is 75.6 cm³/mol. The molecule has 18 heavy (non-hydrogen) atoms. The van der Waals surface area contributed by atoms with Gasteiger partial charge in [0.15, 0.2) is 0 Å². The average Bonchev–Trinajstić information content (AvgIpc) is 2.77. The molecule has 1 aliphatic rings. The monoisotopic (exact) mass is 268 g/mol. The molecule has 3 nitrogen and oxygen atoms in total. The third-order valence-electron chi connectivity index (χ3n) is 3.50. The lowest BCUT2D eigenvalue weighted by atomic mass is 10.0.